The van der Waals surface area contributed by atoms with Crippen LogP contribution in [0.3, 0.4) is 0 Å². The summed E-state index contributed by atoms with van der Waals surface area (Å²) in [6.45, 7) is -2.07. The van der Waals surface area contributed by atoms with Crippen LogP contribution in [0.15, 0.2) is 24.3 Å². The van der Waals surface area contributed by atoms with E-state index in [-0.39, 0.29) is 17.4 Å². The monoisotopic (exact) mass is 297 g/mol. The third kappa shape index (κ3) is 3.46. The third-order valence-electron chi connectivity index (χ3n) is 4.47. The van der Waals surface area contributed by atoms with Gasteiger partial charge in [-0.05, 0) is 37.8 Å². The van der Waals surface area contributed by atoms with Crippen molar-refractivity contribution in [3.05, 3.63) is 24.3 Å². The molecule has 0 bridgehead atoms. The van der Waals surface area contributed by atoms with Gasteiger partial charge in [0.15, 0.2) is 0 Å². The first-order valence-electron chi connectivity index (χ1n) is 7.61. The second kappa shape index (κ2) is 6.18. The molecule has 1 saturated carbocycles. The van der Waals surface area contributed by atoms with Crippen LogP contribution >= 0.6 is 0 Å². The summed E-state index contributed by atoms with van der Waals surface area (Å²) in [6.07, 6.45) is 6.50. The molecular weight excluding hydrogens is 276 g/mol. The summed E-state index contributed by atoms with van der Waals surface area (Å²) in [5.41, 5.74) is 0.645. The zero-order valence-electron chi connectivity index (χ0n) is 12.0. The topological polar surface area (TPSA) is 30.5 Å². The lowest BCUT2D eigenvalue weighted by Gasteiger charge is -2.39. The van der Waals surface area contributed by atoms with Crippen LogP contribution in [0.4, 0.5) is 14.5 Å². The van der Waals surface area contributed by atoms with Gasteiger partial charge in [-0.25, -0.2) is 0 Å². The van der Waals surface area contributed by atoms with Crippen molar-refractivity contribution in [3.8, 4) is 5.75 Å². The molecule has 21 heavy (non-hydrogen) atoms. The summed E-state index contributed by atoms with van der Waals surface area (Å²) in [5.74, 6) is 0.208. The molecule has 1 aromatic rings. The van der Waals surface area contributed by atoms with Gasteiger partial charge in [-0.1, -0.05) is 25.0 Å². The lowest BCUT2D eigenvalue weighted by molar-refractivity contribution is -0.0769. The van der Waals surface area contributed by atoms with Gasteiger partial charge in [0.1, 0.15) is 5.75 Å². The first kappa shape index (κ1) is 14.6. The van der Waals surface area contributed by atoms with Crippen LogP contribution in [-0.2, 0) is 4.74 Å². The van der Waals surface area contributed by atoms with Gasteiger partial charge < -0.3 is 14.8 Å². The minimum atomic E-state index is -2.80. The minimum Gasteiger partial charge on any atom is -0.433 e. The first-order chi connectivity index (χ1) is 10.2. The number of hydrogen-bond acceptors (Lipinski definition) is 3. The Morgan fingerprint density at radius 1 is 1.24 bits per heavy atom. The standard InChI is InChI=1S/C16H21F2NO2/c17-15(18)21-14-6-2-1-5-13(14)19-12-7-10-20-16(11-12)8-3-4-9-16/h1-2,5-6,12,15,19H,3-4,7-11H2. The third-order valence-corrected chi connectivity index (χ3v) is 4.47. The Morgan fingerprint density at radius 2 is 2.00 bits per heavy atom. The van der Waals surface area contributed by atoms with E-state index in [1.165, 1.54) is 12.8 Å². The van der Waals surface area contributed by atoms with E-state index < -0.39 is 6.61 Å². The first-order valence-corrected chi connectivity index (χ1v) is 7.61. The number of rotatable bonds is 4. The largest absolute Gasteiger partial charge is 0.433 e. The van der Waals surface area contributed by atoms with Crippen LogP contribution in [0, 0.1) is 0 Å². The zero-order valence-corrected chi connectivity index (χ0v) is 12.0. The Balaban J connectivity index is 1.68. The maximum Gasteiger partial charge on any atom is 0.387 e. The molecule has 3 rings (SSSR count). The number of anilines is 1. The minimum absolute atomic E-state index is 0.00837. The highest BCUT2D eigenvalue weighted by atomic mass is 19.3. The van der Waals surface area contributed by atoms with Gasteiger partial charge in [-0.15, -0.1) is 0 Å². The van der Waals surface area contributed by atoms with Gasteiger partial charge in [0.05, 0.1) is 11.3 Å². The highest BCUT2D eigenvalue weighted by Crippen LogP contribution is 2.41. The van der Waals surface area contributed by atoms with E-state index in [4.69, 9.17) is 4.74 Å². The van der Waals surface area contributed by atoms with E-state index in [1.807, 2.05) is 6.07 Å². The van der Waals surface area contributed by atoms with E-state index in [0.717, 1.165) is 32.3 Å². The quantitative estimate of drug-likeness (QED) is 0.904. The normalized spacial score (nSPS) is 24.4. The lowest BCUT2D eigenvalue weighted by atomic mass is 9.89. The van der Waals surface area contributed by atoms with Crippen LogP contribution in [-0.4, -0.2) is 24.9 Å². The van der Waals surface area contributed by atoms with Crippen molar-refractivity contribution in [2.24, 2.45) is 0 Å². The molecule has 1 atom stereocenters. The van der Waals surface area contributed by atoms with Crippen molar-refractivity contribution in [1.29, 1.82) is 0 Å². The molecule has 1 aliphatic heterocycles. The number of hydrogen-bond donors (Lipinski definition) is 1. The van der Waals surface area contributed by atoms with Crippen molar-refractivity contribution in [2.45, 2.75) is 56.8 Å². The fraction of sp³-hybridized carbons (Fsp3) is 0.625. The average Bonchev–Trinajstić information content (AvgIpc) is 2.88. The Labute approximate surface area is 123 Å². The molecule has 116 valence electrons. The molecule has 2 aliphatic rings. The molecule has 1 aromatic carbocycles. The van der Waals surface area contributed by atoms with Crippen molar-refractivity contribution in [2.75, 3.05) is 11.9 Å². The van der Waals surface area contributed by atoms with E-state index in [0.29, 0.717) is 5.69 Å². The van der Waals surface area contributed by atoms with Gasteiger partial charge in [0.2, 0.25) is 0 Å². The van der Waals surface area contributed by atoms with Crippen molar-refractivity contribution < 1.29 is 18.3 Å². The lowest BCUT2D eigenvalue weighted by Crippen LogP contribution is -2.42. The number of alkyl halides is 2. The van der Waals surface area contributed by atoms with Crippen molar-refractivity contribution in [3.63, 3.8) is 0 Å². The Hall–Kier alpha value is -1.36. The molecule has 5 heteroatoms. The summed E-state index contributed by atoms with van der Waals surface area (Å²) in [4.78, 5) is 0. The number of benzene rings is 1. The fourth-order valence-electron chi connectivity index (χ4n) is 3.52. The predicted molar refractivity (Wildman–Crippen MR) is 76.9 cm³/mol. The molecular formula is C16H21F2NO2. The number of para-hydroxylation sites is 2. The molecule has 1 heterocycles. The number of nitrogens with one attached hydrogen (secondary N) is 1. The molecule has 1 saturated heterocycles. The second-order valence-electron chi connectivity index (χ2n) is 5.95. The van der Waals surface area contributed by atoms with Gasteiger partial charge >= 0.3 is 6.61 Å². The molecule has 1 aliphatic carbocycles. The van der Waals surface area contributed by atoms with Crippen LogP contribution in [0.5, 0.6) is 5.75 Å². The maximum absolute atomic E-state index is 12.4. The van der Waals surface area contributed by atoms with Gasteiger partial charge in [-0.3, -0.25) is 0 Å². The SMILES string of the molecule is FC(F)Oc1ccccc1NC1CCOC2(CCCC2)C1. The predicted octanol–water partition coefficient (Wildman–Crippen LogP) is 4.19. The number of halogens is 2. The van der Waals surface area contributed by atoms with Gasteiger partial charge in [-0.2, -0.15) is 8.78 Å². The average molecular weight is 297 g/mol. The highest BCUT2D eigenvalue weighted by molar-refractivity contribution is 5.56. The Kier molecular flexibility index (Phi) is 4.29. The molecule has 1 N–H and O–H groups in total. The van der Waals surface area contributed by atoms with E-state index in [2.05, 4.69) is 10.1 Å². The van der Waals surface area contributed by atoms with E-state index in [9.17, 15) is 8.78 Å². The van der Waals surface area contributed by atoms with Crippen LogP contribution in [0.1, 0.15) is 38.5 Å². The van der Waals surface area contributed by atoms with Gasteiger partial charge in [0.25, 0.3) is 0 Å². The molecule has 3 nitrogen and oxygen atoms in total. The molecule has 0 aromatic heterocycles. The Morgan fingerprint density at radius 3 is 2.76 bits per heavy atom. The summed E-state index contributed by atoms with van der Waals surface area (Å²) in [5, 5.41) is 3.37. The molecule has 1 unspecified atom stereocenters. The summed E-state index contributed by atoms with van der Waals surface area (Å²) >= 11 is 0. The van der Waals surface area contributed by atoms with Crippen LogP contribution in [0.2, 0.25) is 0 Å². The van der Waals surface area contributed by atoms with E-state index in [1.54, 1.807) is 18.2 Å². The summed E-state index contributed by atoms with van der Waals surface area (Å²) < 4.78 is 35.5. The van der Waals surface area contributed by atoms with Crippen LogP contribution in [0.25, 0.3) is 0 Å². The Bertz CT molecular complexity index is 475. The van der Waals surface area contributed by atoms with Crippen molar-refractivity contribution in [1.82, 2.24) is 0 Å². The summed E-state index contributed by atoms with van der Waals surface area (Å²) in [6, 6.07) is 7.13. The fourth-order valence-corrected chi connectivity index (χ4v) is 3.52. The van der Waals surface area contributed by atoms with Crippen molar-refractivity contribution >= 4 is 5.69 Å². The smallest absolute Gasteiger partial charge is 0.387 e. The molecule has 1 spiro atoms. The highest BCUT2D eigenvalue weighted by Gasteiger charge is 2.40. The molecule has 2 fully saturated rings. The maximum atomic E-state index is 12.4. The number of ether oxygens (including phenoxy) is 2. The van der Waals surface area contributed by atoms with E-state index >= 15 is 0 Å². The zero-order chi connectivity index (χ0) is 14.7. The van der Waals surface area contributed by atoms with Gasteiger partial charge in [0, 0.05) is 12.6 Å². The molecule has 0 amide bonds. The second-order valence-corrected chi connectivity index (χ2v) is 5.95. The summed E-state index contributed by atoms with van der Waals surface area (Å²) in [7, 11) is 0. The molecule has 0 radical (unpaired) electrons. The van der Waals surface area contributed by atoms with Crippen LogP contribution < -0.4 is 10.1 Å².